The maximum absolute atomic E-state index is 5.79. The van der Waals surface area contributed by atoms with Gasteiger partial charge in [0, 0.05) is 6.54 Å². The minimum Gasteiger partial charge on any atom is -0.305 e. The van der Waals surface area contributed by atoms with Crippen LogP contribution in [0.25, 0.3) is 0 Å². The molecular formula is C8H9Cl2NO. The van der Waals surface area contributed by atoms with E-state index in [1.54, 1.807) is 19.2 Å². The molecular weight excluding hydrogens is 197 g/mol. The van der Waals surface area contributed by atoms with Gasteiger partial charge in [-0.1, -0.05) is 29.3 Å². The Labute approximate surface area is 81.4 Å². The monoisotopic (exact) mass is 205 g/mol. The van der Waals surface area contributed by atoms with Crippen molar-refractivity contribution in [2.45, 2.75) is 6.54 Å². The highest BCUT2D eigenvalue weighted by atomic mass is 35.5. The summed E-state index contributed by atoms with van der Waals surface area (Å²) in [6.07, 6.45) is 0. The fourth-order valence-corrected chi connectivity index (χ4v) is 1.13. The second-order valence-electron chi connectivity index (χ2n) is 2.27. The molecule has 0 amide bonds. The van der Waals surface area contributed by atoms with E-state index in [1.165, 1.54) is 0 Å². The Morgan fingerprint density at radius 1 is 1.33 bits per heavy atom. The summed E-state index contributed by atoms with van der Waals surface area (Å²) >= 11 is 11.5. The molecule has 0 spiro atoms. The second-order valence-corrected chi connectivity index (χ2v) is 3.09. The standard InChI is InChI=1S/C8H9Cl2NO/c1-12-11-5-6-2-3-7(9)8(10)4-6/h2-4,11H,5H2,1H3. The highest BCUT2D eigenvalue weighted by molar-refractivity contribution is 6.41. The molecule has 0 aliphatic carbocycles. The van der Waals surface area contributed by atoms with Crippen molar-refractivity contribution < 1.29 is 4.84 Å². The van der Waals surface area contributed by atoms with Gasteiger partial charge in [-0.15, -0.1) is 0 Å². The van der Waals surface area contributed by atoms with Crippen LogP contribution in [0.1, 0.15) is 5.56 Å². The van der Waals surface area contributed by atoms with E-state index in [0.29, 0.717) is 16.6 Å². The topological polar surface area (TPSA) is 21.3 Å². The molecule has 0 aliphatic heterocycles. The van der Waals surface area contributed by atoms with E-state index >= 15 is 0 Å². The lowest BCUT2D eigenvalue weighted by Crippen LogP contribution is -2.10. The lowest BCUT2D eigenvalue weighted by molar-refractivity contribution is 0.0867. The Morgan fingerprint density at radius 2 is 2.08 bits per heavy atom. The first-order valence-electron chi connectivity index (χ1n) is 3.44. The smallest absolute Gasteiger partial charge is 0.0595 e. The van der Waals surface area contributed by atoms with E-state index in [-0.39, 0.29) is 0 Å². The van der Waals surface area contributed by atoms with Crippen molar-refractivity contribution >= 4 is 23.2 Å². The fraction of sp³-hybridized carbons (Fsp3) is 0.250. The molecule has 0 saturated carbocycles. The average Bonchev–Trinajstić information content (AvgIpc) is 2.07. The molecule has 4 heteroatoms. The third-order valence-electron chi connectivity index (χ3n) is 1.40. The quantitative estimate of drug-likeness (QED) is 0.767. The lowest BCUT2D eigenvalue weighted by Gasteiger charge is -2.02. The fourth-order valence-electron chi connectivity index (χ4n) is 0.805. The number of hydrogen-bond donors (Lipinski definition) is 1. The molecule has 12 heavy (non-hydrogen) atoms. The summed E-state index contributed by atoms with van der Waals surface area (Å²) in [5.74, 6) is 0. The van der Waals surface area contributed by atoms with Gasteiger partial charge < -0.3 is 4.84 Å². The number of rotatable bonds is 3. The maximum atomic E-state index is 5.79. The molecule has 0 saturated heterocycles. The van der Waals surface area contributed by atoms with Gasteiger partial charge in [-0.2, -0.15) is 5.48 Å². The molecule has 0 radical (unpaired) electrons. The van der Waals surface area contributed by atoms with E-state index in [4.69, 9.17) is 23.2 Å². The number of hydroxylamine groups is 1. The van der Waals surface area contributed by atoms with Gasteiger partial charge in [-0.05, 0) is 17.7 Å². The van der Waals surface area contributed by atoms with Crippen LogP contribution in [0.15, 0.2) is 18.2 Å². The summed E-state index contributed by atoms with van der Waals surface area (Å²) in [7, 11) is 1.57. The van der Waals surface area contributed by atoms with Gasteiger partial charge in [0.15, 0.2) is 0 Å². The minimum absolute atomic E-state index is 0.562. The minimum atomic E-state index is 0.562. The molecule has 0 bridgehead atoms. The highest BCUT2D eigenvalue weighted by Gasteiger charge is 1.98. The van der Waals surface area contributed by atoms with E-state index in [2.05, 4.69) is 10.3 Å². The van der Waals surface area contributed by atoms with Crippen LogP contribution in [0, 0.1) is 0 Å². The maximum Gasteiger partial charge on any atom is 0.0595 e. The molecule has 1 aromatic rings. The molecule has 0 unspecified atom stereocenters. The summed E-state index contributed by atoms with van der Waals surface area (Å²) in [6, 6.07) is 5.45. The Hall–Kier alpha value is -0.280. The van der Waals surface area contributed by atoms with Gasteiger partial charge in [0.25, 0.3) is 0 Å². The second kappa shape index (κ2) is 4.67. The number of hydrogen-bond acceptors (Lipinski definition) is 2. The highest BCUT2D eigenvalue weighted by Crippen LogP contribution is 2.22. The summed E-state index contributed by atoms with van der Waals surface area (Å²) in [5, 5.41) is 1.13. The summed E-state index contributed by atoms with van der Waals surface area (Å²) in [6.45, 7) is 0.618. The van der Waals surface area contributed by atoms with Gasteiger partial charge in [0.1, 0.15) is 0 Å². The molecule has 66 valence electrons. The van der Waals surface area contributed by atoms with Crippen LogP contribution >= 0.6 is 23.2 Å². The van der Waals surface area contributed by atoms with Crippen molar-refractivity contribution in [1.29, 1.82) is 0 Å². The molecule has 1 aromatic carbocycles. The summed E-state index contributed by atoms with van der Waals surface area (Å²) in [5.41, 5.74) is 3.74. The van der Waals surface area contributed by atoms with Crippen molar-refractivity contribution in [3.05, 3.63) is 33.8 Å². The van der Waals surface area contributed by atoms with Gasteiger partial charge in [0.2, 0.25) is 0 Å². The van der Waals surface area contributed by atoms with E-state index < -0.39 is 0 Å². The lowest BCUT2D eigenvalue weighted by atomic mass is 10.2. The first-order chi connectivity index (χ1) is 5.74. The van der Waals surface area contributed by atoms with Crippen LogP contribution in [-0.4, -0.2) is 7.11 Å². The Bertz CT molecular complexity index is 265. The van der Waals surface area contributed by atoms with Crippen LogP contribution in [-0.2, 0) is 11.4 Å². The first kappa shape index (κ1) is 9.81. The molecule has 1 rings (SSSR count). The van der Waals surface area contributed by atoms with Crippen molar-refractivity contribution in [2.75, 3.05) is 7.11 Å². The summed E-state index contributed by atoms with van der Waals surface area (Å²) < 4.78 is 0. The first-order valence-corrected chi connectivity index (χ1v) is 4.19. The zero-order chi connectivity index (χ0) is 8.97. The molecule has 2 nitrogen and oxygen atoms in total. The normalized spacial score (nSPS) is 10.2. The molecule has 1 N–H and O–H groups in total. The number of nitrogens with one attached hydrogen (secondary N) is 1. The van der Waals surface area contributed by atoms with E-state index in [1.807, 2.05) is 6.07 Å². The van der Waals surface area contributed by atoms with Crippen LogP contribution in [0.2, 0.25) is 10.0 Å². The van der Waals surface area contributed by atoms with Crippen LogP contribution in [0.5, 0.6) is 0 Å². The number of halogens is 2. The van der Waals surface area contributed by atoms with Gasteiger partial charge in [-0.25, -0.2) is 0 Å². The van der Waals surface area contributed by atoms with Gasteiger partial charge >= 0.3 is 0 Å². The van der Waals surface area contributed by atoms with E-state index in [0.717, 1.165) is 5.56 Å². The van der Waals surface area contributed by atoms with Crippen LogP contribution in [0.3, 0.4) is 0 Å². The van der Waals surface area contributed by atoms with Crippen LogP contribution in [0.4, 0.5) is 0 Å². The number of benzene rings is 1. The van der Waals surface area contributed by atoms with E-state index in [9.17, 15) is 0 Å². The average molecular weight is 206 g/mol. The van der Waals surface area contributed by atoms with Crippen molar-refractivity contribution in [2.24, 2.45) is 0 Å². The zero-order valence-corrected chi connectivity index (χ0v) is 8.12. The SMILES string of the molecule is CONCc1ccc(Cl)c(Cl)c1. The Morgan fingerprint density at radius 3 is 2.67 bits per heavy atom. The third-order valence-corrected chi connectivity index (χ3v) is 2.14. The van der Waals surface area contributed by atoms with Gasteiger partial charge in [0.05, 0.1) is 17.2 Å². The molecule has 0 heterocycles. The van der Waals surface area contributed by atoms with Gasteiger partial charge in [-0.3, -0.25) is 0 Å². The molecule has 0 aromatic heterocycles. The van der Waals surface area contributed by atoms with Crippen molar-refractivity contribution in [1.82, 2.24) is 5.48 Å². The largest absolute Gasteiger partial charge is 0.305 e. The zero-order valence-electron chi connectivity index (χ0n) is 6.60. The molecule has 0 atom stereocenters. The Balaban J connectivity index is 2.69. The van der Waals surface area contributed by atoms with Crippen LogP contribution < -0.4 is 5.48 Å². The third kappa shape index (κ3) is 2.64. The predicted octanol–water partition coefficient (Wildman–Crippen LogP) is 2.64. The van der Waals surface area contributed by atoms with Crippen molar-refractivity contribution in [3.8, 4) is 0 Å². The molecule has 0 aliphatic rings. The Kier molecular flexibility index (Phi) is 3.82. The predicted molar refractivity (Wildman–Crippen MR) is 50.3 cm³/mol. The summed E-state index contributed by atoms with van der Waals surface area (Å²) in [4.78, 5) is 4.69. The molecule has 0 fully saturated rings. The van der Waals surface area contributed by atoms with Crippen molar-refractivity contribution in [3.63, 3.8) is 0 Å².